The number of benzene rings is 1. The Morgan fingerprint density at radius 2 is 1.29 bits per heavy atom. The number of unbranched alkanes of at least 4 members (excludes halogenated alkanes) is 6. The molecule has 0 aliphatic heterocycles. The Morgan fingerprint density at radius 1 is 0.750 bits per heavy atom. The predicted molar refractivity (Wildman–Crippen MR) is 102 cm³/mol. The van der Waals surface area contributed by atoms with Crippen molar-refractivity contribution in [3.05, 3.63) is 59.9 Å². The molecule has 0 saturated carbocycles. The molecule has 0 fully saturated rings. The van der Waals surface area contributed by atoms with Gasteiger partial charge in [-0.05, 0) is 29.7 Å². The Hall–Kier alpha value is -2.09. The third-order valence-electron chi connectivity index (χ3n) is 4.30. The molecule has 24 heavy (non-hydrogen) atoms. The third-order valence-corrected chi connectivity index (χ3v) is 4.30. The van der Waals surface area contributed by atoms with E-state index in [1.54, 1.807) is 12.1 Å². The molecule has 2 heteroatoms. The zero-order chi connectivity index (χ0) is 17.0. The summed E-state index contributed by atoms with van der Waals surface area (Å²) in [4.78, 5) is 0. The van der Waals surface area contributed by atoms with Crippen LogP contribution in [-0.4, -0.2) is 5.11 Å². The van der Waals surface area contributed by atoms with Crippen molar-refractivity contribution < 1.29 is 9.67 Å². The summed E-state index contributed by atoms with van der Waals surface area (Å²) in [6, 6.07) is 11.5. The molecule has 0 atom stereocenters. The van der Waals surface area contributed by atoms with E-state index in [2.05, 4.69) is 48.2 Å². The maximum Gasteiger partial charge on any atom is 0.169 e. The zero-order valence-electron chi connectivity index (χ0n) is 14.8. The minimum atomic E-state index is 0.304. The van der Waals surface area contributed by atoms with Gasteiger partial charge in [-0.1, -0.05) is 63.3 Å². The van der Waals surface area contributed by atoms with Gasteiger partial charge in [-0.2, -0.15) is 0 Å². The van der Waals surface area contributed by atoms with Gasteiger partial charge < -0.3 is 5.11 Å². The van der Waals surface area contributed by atoms with Crippen LogP contribution in [-0.2, 0) is 6.54 Å². The van der Waals surface area contributed by atoms with E-state index in [1.165, 1.54) is 50.5 Å². The van der Waals surface area contributed by atoms with Gasteiger partial charge in [-0.3, -0.25) is 0 Å². The molecule has 2 aromatic rings. The minimum Gasteiger partial charge on any atom is -0.508 e. The molecule has 1 N–H and O–H groups in total. The second-order valence-electron chi connectivity index (χ2n) is 6.42. The summed E-state index contributed by atoms with van der Waals surface area (Å²) in [6.45, 7) is 3.37. The van der Waals surface area contributed by atoms with Crippen molar-refractivity contribution in [1.29, 1.82) is 0 Å². The van der Waals surface area contributed by atoms with Crippen LogP contribution in [0.25, 0.3) is 12.2 Å². The molecule has 0 aliphatic rings. The number of hydrogen-bond acceptors (Lipinski definition) is 1. The van der Waals surface area contributed by atoms with Gasteiger partial charge in [-0.25, -0.2) is 4.57 Å². The average Bonchev–Trinajstić information content (AvgIpc) is 2.61. The third kappa shape index (κ3) is 6.99. The van der Waals surface area contributed by atoms with Gasteiger partial charge in [0.15, 0.2) is 12.4 Å². The van der Waals surface area contributed by atoms with Crippen LogP contribution in [0.3, 0.4) is 0 Å². The highest BCUT2D eigenvalue weighted by atomic mass is 16.3. The lowest BCUT2D eigenvalue weighted by molar-refractivity contribution is -0.697. The van der Waals surface area contributed by atoms with Crippen LogP contribution >= 0.6 is 0 Å². The molecule has 2 nitrogen and oxygen atoms in total. The highest BCUT2D eigenvalue weighted by Crippen LogP contribution is 2.12. The second-order valence-corrected chi connectivity index (χ2v) is 6.42. The number of aryl methyl sites for hydroxylation is 1. The maximum absolute atomic E-state index is 9.29. The molecule has 128 valence electrons. The first kappa shape index (κ1) is 18.3. The summed E-state index contributed by atoms with van der Waals surface area (Å²) in [5, 5.41) is 9.29. The lowest BCUT2D eigenvalue weighted by atomic mass is 10.1. The Morgan fingerprint density at radius 3 is 1.92 bits per heavy atom. The van der Waals surface area contributed by atoms with Crippen molar-refractivity contribution in [2.24, 2.45) is 0 Å². The first-order chi connectivity index (χ1) is 11.8. The molecule has 1 aromatic carbocycles. The summed E-state index contributed by atoms with van der Waals surface area (Å²) in [7, 11) is 0. The number of phenols is 1. The van der Waals surface area contributed by atoms with E-state index >= 15 is 0 Å². The number of aromatic hydroxyl groups is 1. The lowest BCUT2D eigenvalue weighted by Gasteiger charge is -2.00. The van der Waals surface area contributed by atoms with Crippen LogP contribution in [0.4, 0.5) is 0 Å². The van der Waals surface area contributed by atoms with Crippen LogP contribution in [0.15, 0.2) is 48.8 Å². The molecule has 0 amide bonds. The summed E-state index contributed by atoms with van der Waals surface area (Å²) in [5.74, 6) is 0.304. The quantitative estimate of drug-likeness (QED) is 0.446. The Bertz CT molecular complexity index is 599. The van der Waals surface area contributed by atoms with E-state index in [4.69, 9.17) is 0 Å². The summed E-state index contributed by atoms with van der Waals surface area (Å²) >= 11 is 0. The summed E-state index contributed by atoms with van der Waals surface area (Å²) < 4.78 is 2.27. The SMILES string of the molecule is CCCCCCCCC[n+]1ccc(/C=C/c2ccc(O)cc2)cc1. The van der Waals surface area contributed by atoms with Crippen LogP contribution in [0, 0.1) is 0 Å². The van der Waals surface area contributed by atoms with E-state index < -0.39 is 0 Å². The highest BCUT2D eigenvalue weighted by Gasteiger charge is 2.00. The van der Waals surface area contributed by atoms with Crippen LogP contribution < -0.4 is 4.57 Å². The fraction of sp³-hybridized carbons (Fsp3) is 0.409. The molecule has 0 saturated heterocycles. The van der Waals surface area contributed by atoms with E-state index in [-0.39, 0.29) is 0 Å². The molecule has 0 aliphatic carbocycles. The zero-order valence-corrected chi connectivity index (χ0v) is 14.8. The Kier molecular flexibility index (Phi) is 8.09. The summed E-state index contributed by atoms with van der Waals surface area (Å²) in [6.07, 6.45) is 17.9. The smallest absolute Gasteiger partial charge is 0.169 e. The number of hydrogen-bond donors (Lipinski definition) is 1. The first-order valence-electron chi connectivity index (χ1n) is 9.24. The van der Waals surface area contributed by atoms with Crippen LogP contribution in [0.2, 0.25) is 0 Å². The standard InChI is InChI=1S/C22H29NO/c1-2-3-4-5-6-7-8-17-23-18-15-21(16-19-23)10-9-20-11-13-22(24)14-12-20/h9-16,18-19H,2-8,17H2,1H3/p+1. The van der Waals surface area contributed by atoms with Gasteiger partial charge >= 0.3 is 0 Å². The summed E-state index contributed by atoms with van der Waals surface area (Å²) in [5.41, 5.74) is 2.28. The molecular formula is C22H30NO+. The van der Waals surface area contributed by atoms with Crippen molar-refractivity contribution >= 4 is 12.2 Å². The van der Waals surface area contributed by atoms with Crippen molar-refractivity contribution in [3.63, 3.8) is 0 Å². The monoisotopic (exact) mass is 324 g/mol. The van der Waals surface area contributed by atoms with Gasteiger partial charge in [-0.15, -0.1) is 0 Å². The molecule has 0 unspecified atom stereocenters. The van der Waals surface area contributed by atoms with E-state index in [1.807, 2.05) is 12.1 Å². The number of nitrogens with zero attached hydrogens (tertiary/aromatic N) is 1. The van der Waals surface area contributed by atoms with Gasteiger partial charge in [0.05, 0.1) is 0 Å². The molecule has 0 bridgehead atoms. The van der Waals surface area contributed by atoms with Crippen molar-refractivity contribution in [1.82, 2.24) is 0 Å². The topological polar surface area (TPSA) is 24.1 Å². The van der Waals surface area contributed by atoms with E-state index in [9.17, 15) is 5.11 Å². The van der Waals surface area contributed by atoms with E-state index in [0.717, 1.165) is 12.1 Å². The maximum atomic E-state index is 9.29. The van der Waals surface area contributed by atoms with E-state index in [0.29, 0.717) is 5.75 Å². The molecule has 2 rings (SSSR count). The van der Waals surface area contributed by atoms with Gasteiger partial charge in [0, 0.05) is 18.6 Å². The lowest BCUT2D eigenvalue weighted by Crippen LogP contribution is -2.32. The first-order valence-corrected chi connectivity index (χ1v) is 9.24. The van der Waals surface area contributed by atoms with Crippen molar-refractivity contribution in [2.45, 2.75) is 58.4 Å². The van der Waals surface area contributed by atoms with Crippen LogP contribution in [0.1, 0.15) is 63.0 Å². The van der Waals surface area contributed by atoms with Gasteiger partial charge in [0.2, 0.25) is 0 Å². The number of pyridine rings is 1. The molecular weight excluding hydrogens is 294 g/mol. The van der Waals surface area contributed by atoms with Crippen LogP contribution in [0.5, 0.6) is 5.75 Å². The fourth-order valence-corrected chi connectivity index (χ4v) is 2.76. The molecule has 1 heterocycles. The Balaban J connectivity index is 1.71. The predicted octanol–water partition coefficient (Wildman–Crippen LogP) is 5.60. The van der Waals surface area contributed by atoms with Crippen molar-refractivity contribution in [2.75, 3.05) is 0 Å². The van der Waals surface area contributed by atoms with Gasteiger partial charge in [0.25, 0.3) is 0 Å². The highest BCUT2D eigenvalue weighted by molar-refractivity contribution is 5.69. The number of phenolic OH excluding ortho intramolecular Hbond substituents is 1. The number of rotatable bonds is 10. The molecule has 0 spiro atoms. The second kappa shape index (κ2) is 10.6. The largest absolute Gasteiger partial charge is 0.508 e. The normalized spacial score (nSPS) is 11.2. The number of aromatic nitrogens is 1. The fourth-order valence-electron chi connectivity index (χ4n) is 2.76. The Labute approximate surface area is 146 Å². The molecule has 0 radical (unpaired) electrons. The minimum absolute atomic E-state index is 0.304. The van der Waals surface area contributed by atoms with Gasteiger partial charge in [0.1, 0.15) is 12.3 Å². The average molecular weight is 324 g/mol. The molecule has 1 aromatic heterocycles. The van der Waals surface area contributed by atoms with Crippen molar-refractivity contribution in [3.8, 4) is 5.75 Å².